The number of nitrogens with zero attached hydrogens (tertiary/aromatic N) is 2. The topological polar surface area (TPSA) is 108 Å². The average Bonchev–Trinajstić information content (AvgIpc) is 3.05. The number of aromatic amines is 1. The first-order valence-electron chi connectivity index (χ1n) is 7.89. The molecule has 7 nitrogen and oxygen atoms in total. The molecule has 0 spiro atoms. The van der Waals surface area contributed by atoms with E-state index in [-0.39, 0.29) is 16.6 Å². The van der Waals surface area contributed by atoms with Crippen LogP contribution in [0.4, 0.5) is 18.9 Å². The van der Waals surface area contributed by atoms with Gasteiger partial charge in [0.2, 0.25) is 5.91 Å². The van der Waals surface area contributed by atoms with Crippen LogP contribution in [0.1, 0.15) is 17.3 Å². The summed E-state index contributed by atoms with van der Waals surface area (Å²) in [7, 11) is 0. The molecular formula is C18H13F3N4O3. The van der Waals surface area contributed by atoms with Gasteiger partial charge in [-0.1, -0.05) is 12.1 Å². The number of amides is 1. The number of hydrogen-bond acceptors (Lipinski definition) is 4. The number of carboxylic acid groups (broad SMARTS) is 1. The lowest BCUT2D eigenvalue weighted by Gasteiger charge is -2.09. The van der Waals surface area contributed by atoms with Crippen LogP contribution in [0.2, 0.25) is 0 Å². The molecule has 0 bridgehead atoms. The SMILES string of the molecule is C/C(=C/C(=O)Nc1cccc(-c2ncnc3[nH]cc(C(=O)O)c23)c1)C(F)(F)F. The molecule has 0 unspecified atom stereocenters. The number of anilines is 1. The molecule has 0 saturated carbocycles. The monoisotopic (exact) mass is 390 g/mol. The molecule has 28 heavy (non-hydrogen) atoms. The van der Waals surface area contributed by atoms with Gasteiger partial charge in [-0.2, -0.15) is 13.2 Å². The first-order valence-corrected chi connectivity index (χ1v) is 7.89. The first kappa shape index (κ1) is 19.1. The van der Waals surface area contributed by atoms with Crippen molar-refractivity contribution in [3.63, 3.8) is 0 Å². The van der Waals surface area contributed by atoms with Crippen LogP contribution in [0.3, 0.4) is 0 Å². The minimum atomic E-state index is -4.59. The summed E-state index contributed by atoms with van der Waals surface area (Å²) >= 11 is 0. The van der Waals surface area contributed by atoms with E-state index >= 15 is 0 Å². The number of rotatable bonds is 4. The van der Waals surface area contributed by atoms with Crippen molar-refractivity contribution in [2.45, 2.75) is 13.1 Å². The van der Waals surface area contributed by atoms with E-state index in [9.17, 15) is 27.9 Å². The van der Waals surface area contributed by atoms with Crippen molar-refractivity contribution in [3.05, 3.63) is 54.0 Å². The summed E-state index contributed by atoms with van der Waals surface area (Å²) in [4.78, 5) is 34.1. The van der Waals surface area contributed by atoms with E-state index in [0.29, 0.717) is 23.0 Å². The number of aromatic carboxylic acids is 1. The third kappa shape index (κ3) is 3.85. The Balaban J connectivity index is 1.97. The summed E-state index contributed by atoms with van der Waals surface area (Å²) < 4.78 is 37.6. The number of carbonyl (C=O) groups excluding carboxylic acids is 1. The number of allylic oxidation sites excluding steroid dienone is 1. The van der Waals surface area contributed by atoms with Gasteiger partial charge in [0, 0.05) is 29.1 Å². The largest absolute Gasteiger partial charge is 0.478 e. The van der Waals surface area contributed by atoms with Gasteiger partial charge in [-0.05, 0) is 19.1 Å². The highest BCUT2D eigenvalue weighted by molar-refractivity contribution is 6.07. The van der Waals surface area contributed by atoms with Crippen molar-refractivity contribution in [3.8, 4) is 11.3 Å². The Morgan fingerprint density at radius 1 is 1.25 bits per heavy atom. The second-order valence-corrected chi connectivity index (χ2v) is 5.85. The molecule has 3 rings (SSSR count). The predicted octanol–water partition coefficient (Wildman–Crippen LogP) is 3.77. The number of alkyl halides is 3. The number of fused-ring (bicyclic) bond motifs is 1. The molecule has 1 aromatic carbocycles. The fraction of sp³-hybridized carbons (Fsp3) is 0.111. The maximum absolute atomic E-state index is 12.5. The maximum atomic E-state index is 12.5. The van der Waals surface area contributed by atoms with Crippen LogP contribution in [0.25, 0.3) is 22.3 Å². The molecule has 1 amide bonds. The van der Waals surface area contributed by atoms with Crippen LogP contribution in [-0.2, 0) is 4.79 Å². The molecule has 2 aromatic heterocycles. The zero-order valence-electron chi connectivity index (χ0n) is 14.3. The maximum Gasteiger partial charge on any atom is 0.412 e. The number of H-pyrrole nitrogens is 1. The smallest absolute Gasteiger partial charge is 0.412 e. The molecule has 144 valence electrons. The minimum Gasteiger partial charge on any atom is -0.478 e. The van der Waals surface area contributed by atoms with E-state index in [2.05, 4.69) is 20.3 Å². The summed E-state index contributed by atoms with van der Waals surface area (Å²) in [6.45, 7) is 0.799. The molecule has 0 saturated heterocycles. The summed E-state index contributed by atoms with van der Waals surface area (Å²) in [5.41, 5.74) is 0.264. The number of nitrogens with one attached hydrogen (secondary N) is 2. The number of aromatic nitrogens is 3. The Hall–Kier alpha value is -3.69. The Labute approximate surface area is 155 Å². The Morgan fingerprint density at radius 3 is 2.68 bits per heavy atom. The summed E-state index contributed by atoms with van der Waals surface area (Å²) in [6, 6.07) is 6.17. The van der Waals surface area contributed by atoms with Crippen molar-refractivity contribution in [1.29, 1.82) is 0 Å². The molecule has 0 atom stereocenters. The van der Waals surface area contributed by atoms with Crippen molar-refractivity contribution < 1.29 is 27.9 Å². The molecule has 2 heterocycles. The highest BCUT2D eigenvalue weighted by atomic mass is 19.4. The molecule has 0 aliphatic carbocycles. The molecule has 0 aliphatic heterocycles. The Morgan fingerprint density at radius 2 is 2.00 bits per heavy atom. The van der Waals surface area contributed by atoms with Crippen LogP contribution >= 0.6 is 0 Å². The number of carboxylic acids is 1. The van der Waals surface area contributed by atoms with E-state index in [1.807, 2.05) is 0 Å². The van der Waals surface area contributed by atoms with Crippen LogP contribution in [0.15, 0.2) is 48.4 Å². The van der Waals surface area contributed by atoms with E-state index in [1.54, 1.807) is 12.1 Å². The van der Waals surface area contributed by atoms with E-state index in [1.165, 1.54) is 24.7 Å². The molecule has 0 aliphatic rings. The molecular weight excluding hydrogens is 377 g/mol. The first-order chi connectivity index (χ1) is 13.2. The van der Waals surface area contributed by atoms with Crippen LogP contribution < -0.4 is 5.32 Å². The second kappa shape index (κ2) is 7.14. The fourth-order valence-electron chi connectivity index (χ4n) is 2.55. The molecule has 0 fully saturated rings. The zero-order valence-corrected chi connectivity index (χ0v) is 14.3. The van der Waals surface area contributed by atoms with E-state index in [4.69, 9.17) is 0 Å². The predicted molar refractivity (Wildman–Crippen MR) is 94.7 cm³/mol. The van der Waals surface area contributed by atoms with Gasteiger partial charge in [0.1, 0.15) is 12.0 Å². The molecule has 10 heteroatoms. The van der Waals surface area contributed by atoms with Gasteiger partial charge in [0.25, 0.3) is 0 Å². The summed E-state index contributed by atoms with van der Waals surface area (Å²) in [6.07, 6.45) is -1.58. The van der Waals surface area contributed by atoms with E-state index < -0.39 is 23.6 Å². The van der Waals surface area contributed by atoms with Gasteiger partial charge < -0.3 is 15.4 Å². The molecule has 3 N–H and O–H groups in total. The lowest BCUT2D eigenvalue weighted by Crippen LogP contribution is -2.14. The van der Waals surface area contributed by atoms with Crippen LogP contribution in [0.5, 0.6) is 0 Å². The average molecular weight is 390 g/mol. The molecule has 0 radical (unpaired) electrons. The Bertz CT molecular complexity index is 1100. The highest BCUT2D eigenvalue weighted by Crippen LogP contribution is 2.30. The second-order valence-electron chi connectivity index (χ2n) is 5.85. The van der Waals surface area contributed by atoms with E-state index in [0.717, 1.165) is 6.92 Å². The van der Waals surface area contributed by atoms with Crippen molar-refractivity contribution in [2.75, 3.05) is 5.32 Å². The van der Waals surface area contributed by atoms with Gasteiger partial charge >= 0.3 is 12.1 Å². The number of hydrogen-bond donors (Lipinski definition) is 3. The van der Waals surface area contributed by atoms with Crippen molar-refractivity contribution in [1.82, 2.24) is 15.0 Å². The number of benzene rings is 1. The summed E-state index contributed by atoms with van der Waals surface area (Å²) in [5.74, 6) is -2.10. The lowest BCUT2D eigenvalue weighted by atomic mass is 10.1. The van der Waals surface area contributed by atoms with Gasteiger partial charge in [-0.15, -0.1) is 0 Å². The number of carbonyl (C=O) groups is 2. The van der Waals surface area contributed by atoms with Gasteiger partial charge in [0.15, 0.2) is 0 Å². The summed E-state index contributed by atoms with van der Waals surface area (Å²) in [5, 5.41) is 12.0. The highest BCUT2D eigenvalue weighted by Gasteiger charge is 2.30. The standard InChI is InChI=1S/C18H13F3N4O3/c1-9(18(19,20)21)5-13(26)25-11-4-2-3-10(6-11)15-14-12(17(27)28)7-22-16(14)24-8-23-15/h2-8H,1H3,(H,25,26)(H,27,28)(H,22,23,24)/b9-5-. The molecule has 3 aromatic rings. The minimum absolute atomic E-state index is 0.0243. The van der Waals surface area contributed by atoms with Gasteiger partial charge in [-0.25, -0.2) is 14.8 Å². The fourth-order valence-corrected chi connectivity index (χ4v) is 2.55. The number of halogens is 3. The van der Waals surface area contributed by atoms with Crippen molar-refractivity contribution >= 4 is 28.6 Å². The van der Waals surface area contributed by atoms with Gasteiger partial charge in [-0.3, -0.25) is 4.79 Å². The quantitative estimate of drug-likeness (QED) is 0.588. The third-order valence-corrected chi connectivity index (χ3v) is 3.90. The zero-order chi connectivity index (χ0) is 20.5. The Kier molecular flexibility index (Phi) is 4.87. The lowest BCUT2D eigenvalue weighted by molar-refractivity contribution is -0.113. The van der Waals surface area contributed by atoms with Crippen LogP contribution in [-0.4, -0.2) is 38.1 Å². The van der Waals surface area contributed by atoms with Gasteiger partial charge in [0.05, 0.1) is 16.6 Å². The van der Waals surface area contributed by atoms with Crippen molar-refractivity contribution in [2.24, 2.45) is 0 Å². The normalized spacial score (nSPS) is 12.2. The third-order valence-electron chi connectivity index (χ3n) is 3.90. The van der Waals surface area contributed by atoms with Crippen LogP contribution in [0, 0.1) is 0 Å².